The van der Waals surface area contributed by atoms with Crippen molar-refractivity contribution < 1.29 is 9.13 Å². The van der Waals surface area contributed by atoms with Crippen LogP contribution in [0.1, 0.15) is 18.5 Å². The second kappa shape index (κ2) is 5.38. The lowest BCUT2D eigenvalue weighted by Gasteiger charge is -2.11. The fourth-order valence-electron chi connectivity index (χ4n) is 1.54. The van der Waals surface area contributed by atoms with Crippen molar-refractivity contribution in [1.82, 2.24) is 0 Å². The Morgan fingerprint density at radius 1 is 1.22 bits per heavy atom. The second-order valence-electron chi connectivity index (χ2n) is 4.04. The molecule has 1 unspecified atom stereocenters. The maximum atomic E-state index is 13.0. The van der Waals surface area contributed by atoms with Crippen LogP contribution >= 0.6 is 11.6 Å². The molecule has 0 spiro atoms. The number of benzene rings is 2. The Kier molecular flexibility index (Phi) is 3.84. The predicted octanol–water partition coefficient (Wildman–Crippen LogP) is 4.29. The Bertz CT molecular complexity index is 557. The molecule has 4 heteroatoms. The topological polar surface area (TPSA) is 35.2 Å². The van der Waals surface area contributed by atoms with Gasteiger partial charge in [-0.3, -0.25) is 0 Å². The molecule has 0 bridgehead atoms. The molecule has 2 nitrogen and oxygen atoms in total. The van der Waals surface area contributed by atoms with Crippen molar-refractivity contribution in [3.8, 4) is 11.5 Å². The summed E-state index contributed by atoms with van der Waals surface area (Å²) in [6.45, 7) is 1.87. The molecule has 0 heterocycles. The van der Waals surface area contributed by atoms with Gasteiger partial charge in [0.25, 0.3) is 0 Å². The van der Waals surface area contributed by atoms with Crippen LogP contribution in [0.5, 0.6) is 11.5 Å². The molecule has 1 atom stereocenters. The molecular weight excluding hydrogens is 253 g/mol. The number of hydrogen-bond donors (Lipinski definition) is 1. The van der Waals surface area contributed by atoms with Crippen LogP contribution in [0, 0.1) is 5.82 Å². The van der Waals surface area contributed by atoms with Crippen LogP contribution in [0.15, 0.2) is 42.5 Å². The van der Waals surface area contributed by atoms with E-state index in [1.807, 2.05) is 13.0 Å². The number of ether oxygens (including phenoxy) is 1. The number of halogens is 2. The Balaban J connectivity index is 2.24. The van der Waals surface area contributed by atoms with E-state index >= 15 is 0 Å². The molecule has 0 aromatic heterocycles. The molecule has 2 aromatic rings. The molecule has 94 valence electrons. The van der Waals surface area contributed by atoms with Gasteiger partial charge in [0.05, 0.1) is 5.02 Å². The van der Waals surface area contributed by atoms with Crippen LogP contribution in [0.2, 0.25) is 5.02 Å². The van der Waals surface area contributed by atoms with E-state index in [-0.39, 0.29) is 11.9 Å². The quantitative estimate of drug-likeness (QED) is 0.898. The molecule has 0 fully saturated rings. The molecule has 2 N–H and O–H groups in total. The maximum absolute atomic E-state index is 13.0. The van der Waals surface area contributed by atoms with Gasteiger partial charge in [-0.25, -0.2) is 4.39 Å². The number of nitrogens with two attached hydrogens (primary N) is 1. The van der Waals surface area contributed by atoms with E-state index in [1.54, 1.807) is 24.3 Å². The Labute approximate surface area is 110 Å². The summed E-state index contributed by atoms with van der Waals surface area (Å²) in [5.74, 6) is 0.535. The summed E-state index contributed by atoms with van der Waals surface area (Å²) >= 11 is 6.09. The first kappa shape index (κ1) is 12.9. The van der Waals surface area contributed by atoms with E-state index in [9.17, 15) is 4.39 Å². The molecule has 0 aliphatic carbocycles. The van der Waals surface area contributed by atoms with E-state index in [0.717, 1.165) is 5.56 Å². The van der Waals surface area contributed by atoms with Crippen molar-refractivity contribution in [2.45, 2.75) is 13.0 Å². The lowest BCUT2D eigenvalue weighted by molar-refractivity contribution is 0.476. The van der Waals surface area contributed by atoms with Crippen molar-refractivity contribution in [1.29, 1.82) is 0 Å². The summed E-state index contributed by atoms with van der Waals surface area (Å²) < 4.78 is 18.5. The fourth-order valence-corrected chi connectivity index (χ4v) is 1.77. The van der Waals surface area contributed by atoms with E-state index < -0.39 is 0 Å². The van der Waals surface area contributed by atoms with Gasteiger partial charge in [0, 0.05) is 12.1 Å². The van der Waals surface area contributed by atoms with Gasteiger partial charge in [-0.1, -0.05) is 23.7 Å². The van der Waals surface area contributed by atoms with Gasteiger partial charge in [0.1, 0.15) is 17.3 Å². The molecule has 18 heavy (non-hydrogen) atoms. The van der Waals surface area contributed by atoms with Gasteiger partial charge < -0.3 is 10.5 Å². The first-order chi connectivity index (χ1) is 8.56. The molecular formula is C14H13ClFNO. The van der Waals surface area contributed by atoms with Crippen LogP contribution in [0.3, 0.4) is 0 Å². The third kappa shape index (κ3) is 3.00. The van der Waals surface area contributed by atoms with Gasteiger partial charge in [-0.05, 0) is 36.8 Å². The number of rotatable bonds is 3. The fraction of sp³-hybridized carbons (Fsp3) is 0.143. The molecule has 2 rings (SSSR count). The highest BCUT2D eigenvalue weighted by Crippen LogP contribution is 2.31. The van der Waals surface area contributed by atoms with Crippen molar-refractivity contribution in [3.05, 3.63) is 58.9 Å². The molecule has 0 aliphatic heterocycles. The smallest absolute Gasteiger partial charge is 0.146 e. The van der Waals surface area contributed by atoms with Crippen LogP contribution in [-0.4, -0.2) is 0 Å². The van der Waals surface area contributed by atoms with Gasteiger partial charge in [0.15, 0.2) is 0 Å². The summed E-state index contributed by atoms with van der Waals surface area (Å²) in [5, 5.41) is 0.453. The highest BCUT2D eigenvalue weighted by atomic mass is 35.5. The number of hydrogen-bond acceptors (Lipinski definition) is 2. The summed E-state index contributed by atoms with van der Waals surface area (Å²) in [5.41, 5.74) is 6.68. The van der Waals surface area contributed by atoms with Crippen molar-refractivity contribution in [3.63, 3.8) is 0 Å². The van der Waals surface area contributed by atoms with Crippen LogP contribution in [-0.2, 0) is 0 Å². The predicted molar refractivity (Wildman–Crippen MR) is 70.5 cm³/mol. The zero-order valence-electron chi connectivity index (χ0n) is 9.86. The first-order valence-electron chi connectivity index (χ1n) is 5.54. The van der Waals surface area contributed by atoms with E-state index in [0.29, 0.717) is 16.5 Å². The Hall–Kier alpha value is -1.58. The zero-order chi connectivity index (χ0) is 13.1. The average Bonchev–Trinajstić information content (AvgIpc) is 2.31. The van der Waals surface area contributed by atoms with Gasteiger partial charge in [-0.2, -0.15) is 0 Å². The minimum absolute atomic E-state index is 0.0919. The van der Waals surface area contributed by atoms with Crippen molar-refractivity contribution in [2.24, 2.45) is 5.73 Å². The summed E-state index contributed by atoms with van der Waals surface area (Å²) in [7, 11) is 0. The lowest BCUT2D eigenvalue weighted by atomic mass is 10.1. The highest BCUT2D eigenvalue weighted by molar-refractivity contribution is 6.32. The minimum atomic E-state index is -0.351. The van der Waals surface area contributed by atoms with E-state index in [2.05, 4.69) is 0 Å². The average molecular weight is 266 g/mol. The largest absolute Gasteiger partial charge is 0.456 e. The second-order valence-corrected chi connectivity index (χ2v) is 4.45. The monoisotopic (exact) mass is 265 g/mol. The summed E-state index contributed by atoms with van der Waals surface area (Å²) in [6, 6.07) is 11.1. The highest BCUT2D eigenvalue weighted by Gasteiger charge is 2.07. The standard InChI is InChI=1S/C14H13ClFNO/c1-9(17)10-5-6-14(13(15)7-10)18-12-4-2-3-11(16)8-12/h2-9H,17H2,1H3. The molecule has 0 saturated heterocycles. The van der Waals surface area contributed by atoms with Gasteiger partial charge >= 0.3 is 0 Å². The van der Waals surface area contributed by atoms with E-state index in [1.165, 1.54) is 12.1 Å². The normalized spacial score (nSPS) is 12.2. The molecule has 2 aromatic carbocycles. The summed E-state index contributed by atoms with van der Waals surface area (Å²) in [4.78, 5) is 0. The maximum Gasteiger partial charge on any atom is 0.146 e. The SMILES string of the molecule is CC(N)c1ccc(Oc2cccc(F)c2)c(Cl)c1. The lowest BCUT2D eigenvalue weighted by Crippen LogP contribution is -2.04. The zero-order valence-corrected chi connectivity index (χ0v) is 10.6. The minimum Gasteiger partial charge on any atom is -0.456 e. The Morgan fingerprint density at radius 3 is 2.61 bits per heavy atom. The van der Waals surface area contributed by atoms with Gasteiger partial charge in [0.2, 0.25) is 0 Å². The van der Waals surface area contributed by atoms with Crippen molar-refractivity contribution in [2.75, 3.05) is 0 Å². The molecule has 0 aliphatic rings. The molecule has 0 amide bonds. The van der Waals surface area contributed by atoms with Crippen LogP contribution in [0.25, 0.3) is 0 Å². The van der Waals surface area contributed by atoms with E-state index in [4.69, 9.17) is 22.1 Å². The van der Waals surface area contributed by atoms with Crippen LogP contribution in [0.4, 0.5) is 4.39 Å². The first-order valence-corrected chi connectivity index (χ1v) is 5.92. The molecule has 0 saturated carbocycles. The third-order valence-corrected chi connectivity index (χ3v) is 2.80. The summed E-state index contributed by atoms with van der Waals surface area (Å²) in [6.07, 6.45) is 0. The molecule has 0 radical (unpaired) electrons. The van der Waals surface area contributed by atoms with Crippen LogP contribution < -0.4 is 10.5 Å². The van der Waals surface area contributed by atoms with Gasteiger partial charge in [-0.15, -0.1) is 0 Å². The Morgan fingerprint density at radius 2 is 2.00 bits per heavy atom. The third-order valence-electron chi connectivity index (χ3n) is 2.51. The van der Waals surface area contributed by atoms with Crippen molar-refractivity contribution >= 4 is 11.6 Å².